The number of rotatable bonds is 5. The number of likely N-dealkylation sites (N-methyl/N-ethyl adjacent to an activating group) is 1. The van der Waals surface area contributed by atoms with Gasteiger partial charge in [0.25, 0.3) is 0 Å². The lowest BCUT2D eigenvalue weighted by Crippen LogP contribution is -2.46. The molecule has 0 unspecified atom stereocenters. The van der Waals surface area contributed by atoms with E-state index in [1.54, 1.807) is 0 Å². The van der Waals surface area contributed by atoms with Crippen LogP contribution in [0.2, 0.25) is 5.15 Å². The molecule has 1 aliphatic heterocycles. The number of nitrogens with one attached hydrogen (secondary N) is 1. The first-order valence-electron chi connectivity index (χ1n) is 6.49. The van der Waals surface area contributed by atoms with Gasteiger partial charge in [-0.25, -0.2) is 18.1 Å². The molecule has 1 aliphatic rings. The summed E-state index contributed by atoms with van der Waals surface area (Å²) in [5, 5.41) is 0.173. The maximum absolute atomic E-state index is 12.1. The van der Waals surface area contributed by atoms with Crippen LogP contribution >= 0.6 is 11.6 Å². The predicted octanol–water partition coefficient (Wildman–Crippen LogP) is 0.261. The molecule has 112 valence electrons. The van der Waals surface area contributed by atoms with E-state index in [2.05, 4.69) is 26.6 Å². The van der Waals surface area contributed by atoms with Crippen molar-refractivity contribution in [3.8, 4) is 0 Å². The Kier molecular flexibility index (Phi) is 5.34. The Labute approximate surface area is 124 Å². The van der Waals surface area contributed by atoms with Crippen molar-refractivity contribution < 1.29 is 8.42 Å². The highest BCUT2D eigenvalue weighted by molar-refractivity contribution is 7.89. The topological polar surface area (TPSA) is 65.5 Å². The second-order valence-corrected chi connectivity index (χ2v) is 7.01. The first-order chi connectivity index (χ1) is 9.47. The Bertz CT molecular complexity index is 544. The summed E-state index contributed by atoms with van der Waals surface area (Å²) in [6.07, 6.45) is 1.39. The molecule has 20 heavy (non-hydrogen) atoms. The van der Waals surface area contributed by atoms with E-state index in [0.717, 1.165) is 26.2 Å². The third-order valence-corrected chi connectivity index (χ3v) is 4.99. The molecule has 0 aromatic carbocycles. The summed E-state index contributed by atoms with van der Waals surface area (Å²) in [6.45, 7) is 5.09. The number of nitrogens with zero attached hydrogens (tertiary/aromatic N) is 3. The van der Waals surface area contributed by atoms with Gasteiger partial charge in [0.15, 0.2) is 0 Å². The van der Waals surface area contributed by atoms with Crippen molar-refractivity contribution in [2.24, 2.45) is 0 Å². The van der Waals surface area contributed by atoms with E-state index in [1.165, 1.54) is 18.3 Å². The van der Waals surface area contributed by atoms with Crippen molar-refractivity contribution in [1.82, 2.24) is 19.5 Å². The highest BCUT2D eigenvalue weighted by atomic mass is 35.5. The fraction of sp³-hybridized carbons (Fsp3) is 0.583. The maximum atomic E-state index is 12.1. The normalized spacial score (nSPS) is 18.3. The highest BCUT2D eigenvalue weighted by Crippen LogP contribution is 2.12. The summed E-state index contributed by atoms with van der Waals surface area (Å²) < 4.78 is 26.7. The minimum atomic E-state index is -3.51. The van der Waals surface area contributed by atoms with Crippen LogP contribution in [0, 0.1) is 0 Å². The predicted molar refractivity (Wildman–Crippen MR) is 78.4 cm³/mol. The van der Waals surface area contributed by atoms with E-state index in [-0.39, 0.29) is 10.0 Å². The molecular weight excluding hydrogens is 300 g/mol. The molecule has 1 fully saturated rings. The largest absolute Gasteiger partial charge is 0.304 e. The van der Waals surface area contributed by atoms with Crippen LogP contribution in [0.5, 0.6) is 0 Å². The van der Waals surface area contributed by atoms with Crippen LogP contribution in [0.4, 0.5) is 0 Å². The minimum absolute atomic E-state index is 0.149. The van der Waals surface area contributed by atoms with Gasteiger partial charge < -0.3 is 4.90 Å². The van der Waals surface area contributed by atoms with E-state index in [0.29, 0.717) is 13.1 Å². The molecule has 0 saturated carbocycles. The number of hydrogen-bond donors (Lipinski definition) is 1. The van der Waals surface area contributed by atoms with Gasteiger partial charge in [-0.2, -0.15) is 0 Å². The van der Waals surface area contributed by atoms with Crippen LogP contribution in [-0.2, 0) is 10.0 Å². The third-order valence-electron chi connectivity index (χ3n) is 3.32. The Morgan fingerprint density at radius 3 is 2.70 bits per heavy atom. The number of halogens is 1. The molecule has 0 amide bonds. The van der Waals surface area contributed by atoms with E-state index in [1.807, 2.05) is 0 Å². The molecule has 1 aromatic rings. The molecule has 1 N–H and O–H groups in total. The Morgan fingerprint density at radius 2 is 2.05 bits per heavy atom. The van der Waals surface area contributed by atoms with E-state index in [4.69, 9.17) is 11.6 Å². The number of aromatic nitrogens is 1. The molecule has 2 rings (SSSR count). The van der Waals surface area contributed by atoms with Crippen molar-refractivity contribution in [3.63, 3.8) is 0 Å². The van der Waals surface area contributed by atoms with Gasteiger partial charge in [-0.15, -0.1) is 0 Å². The lowest BCUT2D eigenvalue weighted by atomic mass is 10.3. The first-order valence-corrected chi connectivity index (χ1v) is 8.35. The van der Waals surface area contributed by atoms with E-state index >= 15 is 0 Å². The van der Waals surface area contributed by atoms with Gasteiger partial charge >= 0.3 is 0 Å². The third kappa shape index (κ3) is 4.39. The maximum Gasteiger partial charge on any atom is 0.240 e. The average molecular weight is 319 g/mol. The van der Waals surface area contributed by atoms with E-state index < -0.39 is 10.0 Å². The molecule has 1 saturated heterocycles. The van der Waals surface area contributed by atoms with Crippen LogP contribution in [0.15, 0.2) is 23.2 Å². The van der Waals surface area contributed by atoms with Gasteiger partial charge in [0, 0.05) is 45.5 Å². The number of hydrogen-bond acceptors (Lipinski definition) is 5. The zero-order valence-electron chi connectivity index (χ0n) is 11.4. The van der Waals surface area contributed by atoms with Crippen molar-refractivity contribution >= 4 is 21.6 Å². The Balaban J connectivity index is 1.84. The van der Waals surface area contributed by atoms with Crippen molar-refractivity contribution in [2.45, 2.75) is 4.90 Å². The van der Waals surface area contributed by atoms with Crippen LogP contribution < -0.4 is 4.72 Å². The summed E-state index contributed by atoms with van der Waals surface area (Å²) in [7, 11) is -1.42. The fourth-order valence-corrected chi connectivity index (χ4v) is 3.32. The monoisotopic (exact) mass is 318 g/mol. The molecule has 0 spiro atoms. The SMILES string of the molecule is CN1CCN(CCNS(=O)(=O)c2ccnc(Cl)c2)CC1. The number of pyridine rings is 1. The second kappa shape index (κ2) is 6.82. The lowest BCUT2D eigenvalue weighted by molar-refractivity contribution is 0.156. The molecule has 0 atom stereocenters. The summed E-state index contributed by atoms with van der Waals surface area (Å²) in [5.74, 6) is 0. The standard InChI is InChI=1S/C12H19ClN4O2S/c1-16-6-8-17(9-7-16)5-4-15-20(18,19)11-2-3-14-12(13)10-11/h2-3,10,15H,4-9H2,1H3. The van der Waals surface area contributed by atoms with Crippen molar-refractivity contribution in [2.75, 3.05) is 46.3 Å². The molecule has 0 radical (unpaired) electrons. The Morgan fingerprint density at radius 1 is 1.35 bits per heavy atom. The average Bonchev–Trinajstić information content (AvgIpc) is 2.41. The van der Waals surface area contributed by atoms with Gasteiger partial charge in [0.05, 0.1) is 4.90 Å². The van der Waals surface area contributed by atoms with Gasteiger partial charge in [0.2, 0.25) is 10.0 Å². The highest BCUT2D eigenvalue weighted by Gasteiger charge is 2.16. The molecular formula is C12H19ClN4O2S. The van der Waals surface area contributed by atoms with Crippen LogP contribution in [0.1, 0.15) is 0 Å². The van der Waals surface area contributed by atoms with Gasteiger partial charge in [0.1, 0.15) is 5.15 Å². The molecule has 0 bridgehead atoms. The quantitative estimate of drug-likeness (QED) is 0.789. The zero-order valence-corrected chi connectivity index (χ0v) is 13.0. The number of sulfonamides is 1. The minimum Gasteiger partial charge on any atom is -0.304 e. The van der Waals surface area contributed by atoms with Gasteiger partial charge in [-0.05, 0) is 19.2 Å². The van der Waals surface area contributed by atoms with Gasteiger partial charge in [-0.3, -0.25) is 4.90 Å². The van der Waals surface area contributed by atoms with E-state index in [9.17, 15) is 8.42 Å². The second-order valence-electron chi connectivity index (χ2n) is 4.86. The summed E-state index contributed by atoms with van der Waals surface area (Å²) in [4.78, 5) is 8.44. The molecule has 8 heteroatoms. The smallest absolute Gasteiger partial charge is 0.240 e. The molecule has 2 heterocycles. The molecule has 6 nitrogen and oxygen atoms in total. The van der Waals surface area contributed by atoms with Crippen LogP contribution in [0.3, 0.4) is 0 Å². The van der Waals surface area contributed by atoms with Crippen LogP contribution in [-0.4, -0.2) is 69.5 Å². The van der Waals surface area contributed by atoms with Crippen molar-refractivity contribution in [3.05, 3.63) is 23.5 Å². The zero-order chi connectivity index (χ0) is 14.6. The lowest BCUT2D eigenvalue weighted by Gasteiger charge is -2.32. The van der Waals surface area contributed by atoms with Crippen LogP contribution in [0.25, 0.3) is 0 Å². The summed E-state index contributed by atoms with van der Waals surface area (Å²) >= 11 is 5.70. The van der Waals surface area contributed by atoms with Gasteiger partial charge in [-0.1, -0.05) is 11.6 Å². The molecule has 1 aromatic heterocycles. The van der Waals surface area contributed by atoms with Crippen molar-refractivity contribution in [1.29, 1.82) is 0 Å². The Hall–Kier alpha value is -0.730. The number of piperazine rings is 1. The first kappa shape index (κ1) is 15.7. The molecule has 0 aliphatic carbocycles. The fourth-order valence-electron chi connectivity index (χ4n) is 2.04. The summed E-state index contributed by atoms with van der Waals surface area (Å²) in [5.41, 5.74) is 0. The summed E-state index contributed by atoms with van der Waals surface area (Å²) in [6, 6.07) is 2.78.